The van der Waals surface area contributed by atoms with Crippen LogP contribution in [0.1, 0.15) is 36.6 Å². The number of furan rings is 1. The predicted molar refractivity (Wildman–Crippen MR) is 136 cm³/mol. The zero-order valence-corrected chi connectivity index (χ0v) is 20.0. The van der Waals surface area contributed by atoms with Crippen molar-refractivity contribution in [2.75, 3.05) is 0 Å². The van der Waals surface area contributed by atoms with Crippen molar-refractivity contribution < 1.29 is 13.4 Å². The Morgan fingerprint density at radius 1 is 0.941 bits per heavy atom. The number of aryl methyl sites for hydroxylation is 2. The molecule has 0 spiro atoms. The van der Waals surface area contributed by atoms with Crippen LogP contribution in [0.15, 0.2) is 65.1 Å². The fourth-order valence-corrected chi connectivity index (χ4v) is 4.74. The van der Waals surface area contributed by atoms with E-state index in [9.17, 15) is 0 Å². The monoisotopic (exact) mass is 449 g/mol. The Kier molecular flexibility index (Phi) is 5.21. The lowest BCUT2D eigenvalue weighted by molar-refractivity contribution is -0.666. The van der Waals surface area contributed by atoms with Gasteiger partial charge in [0.05, 0.1) is 17.5 Å². The number of rotatable bonds is 3. The van der Waals surface area contributed by atoms with Crippen LogP contribution in [-0.2, 0) is 7.05 Å². The second-order valence-electron chi connectivity index (χ2n) is 9.20. The van der Waals surface area contributed by atoms with E-state index in [0.29, 0.717) is 28.0 Å². The molecule has 2 aromatic heterocycles. The summed E-state index contributed by atoms with van der Waals surface area (Å²) in [6.45, 7) is 16.2. The fraction of sp³-hybridized carbons (Fsp3) is 0.200. The maximum atomic E-state index is 15.4. The third kappa shape index (κ3) is 3.28. The molecule has 0 saturated heterocycles. The molecule has 5 rings (SSSR count). The smallest absolute Gasteiger partial charge is 0.216 e. The number of benzene rings is 3. The Morgan fingerprint density at radius 3 is 2.35 bits per heavy atom. The lowest BCUT2D eigenvalue weighted by atomic mass is 9.95. The summed E-state index contributed by atoms with van der Waals surface area (Å²) in [5.41, 5.74) is 8.17. The first kappa shape index (κ1) is 21.9. The molecule has 2 heterocycles. The average Bonchev–Trinajstić information content (AvgIpc) is 3.21. The summed E-state index contributed by atoms with van der Waals surface area (Å²) < 4.78 is 24.1. The first-order valence-electron chi connectivity index (χ1n) is 11.4. The van der Waals surface area contributed by atoms with E-state index in [2.05, 4.69) is 49.2 Å². The van der Waals surface area contributed by atoms with Crippen molar-refractivity contribution in [3.63, 3.8) is 0 Å². The van der Waals surface area contributed by atoms with Crippen molar-refractivity contribution in [3.05, 3.63) is 94.7 Å². The Bertz CT molecular complexity index is 1620. The van der Waals surface area contributed by atoms with Crippen LogP contribution in [0.25, 0.3) is 49.2 Å². The topological polar surface area (TPSA) is 21.4 Å². The number of hydrogen-bond acceptors (Lipinski definition) is 1. The van der Waals surface area contributed by atoms with Gasteiger partial charge >= 0.3 is 0 Å². The molecule has 0 bridgehead atoms. The summed E-state index contributed by atoms with van der Waals surface area (Å²) in [5.74, 6) is -0.0668. The van der Waals surface area contributed by atoms with E-state index in [0.717, 1.165) is 33.5 Å². The molecule has 34 heavy (non-hydrogen) atoms. The number of pyridine rings is 1. The first-order valence-corrected chi connectivity index (χ1v) is 11.4. The molecule has 4 heteroatoms. The molecule has 5 aromatic rings. The predicted octanol–water partition coefficient (Wildman–Crippen LogP) is 8.17. The SMILES string of the molecule is [C-]#[N+]c1cc(F)c2c(oc3c(-c4cc(C(C)C)cc(C)[n+]4C)c(C)ccc32)c1-c1ccccc1. The Balaban J connectivity index is 1.95. The van der Waals surface area contributed by atoms with Gasteiger partial charge < -0.3 is 4.42 Å². The molecule has 0 aliphatic rings. The van der Waals surface area contributed by atoms with Gasteiger partial charge in [-0.05, 0) is 35.6 Å². The van der Waals surface area contributed by atoms with Crippen LogP contribution in [0.2, 0.25) is 0 Å². The van der Waals surface area contributed by atoms with Gasteiger partial charge in [0, 0.05) is 30.0 Å². The molecule has 0 aliphatic heterocycles. The van der Waals surface area contributed by atoms with Gasteiger partial charge in [-0.25, -0.2) is 9.24 Å². The van der Waals surface area contributed by atoms with Gasteiger partial charge in [0.15, 0.2) is 5.69 Å². The number of hydrogen-bond donors (Lipinski definition) is 0. The van der Waals surface area contributed by atoms with Crippen LogP contribution >= 0.6 is 0 Å². The summed E-state index contributed by atoms with van der Waals surface area (Å²) in [6, 6.07) is 19.3. The van der Waals surface area contributed by atoms with E-state index in [1.54, 1.807) is 0 Å². The Morgan fingerprint density at radius 2 is 1.68 bits per heavy atom. The van der Waals surface area contributed by atoms with Crippen LogP contribution < -0.4 is 4.57 Å². The molecular weight excluding hydrogens is 423 g/mol. The molecule has 168 valence electrons. The van der Waals surface area contributed by atoms with Gasteiger partial charge in [0.1, 0.15) is 24.0 Å². The highest BCUT2D eigenvalue weighted by Gasteiger charge is 2.26. The minimum atomic E-state index is -0.439. The van der Waals surface area contributed by atoms with Crippen LogP contribution in [0.4, 0.5) is 10.1 Å². The largest absolute Gasteiger partial charge is 0.456 e. The van der Waals surface area contributed by atoms with Crippen molar-refractivity contribution in [1.29, 1.82) is 0 Å². The maximum absolute atomic E-state index is 15.4. The molecule has 0 aliphatic carbocycles. The molecule has 3 aromatic carbocycles. The van der Waals surface area contributed by atoms with E-state index in [-0.39, 0.29) is 5.69 Å². The lowest BCUT2D eigenvalue weighted by Gasteiger charge is -2.11. The summed E-state index contributed by atoms with van der Waals surface area (Å²) >= 11 is 0. The van der Waals surface area contributed by atoms with E-state index < -0.39 is 5.82 Å². The highest BCUT2D eigenvalue weighted by atomic mass is 19.1. The second kappa shape index (κ2) is 8.11. The van der Waals surface area contributed by atoms with Gasteiger partial charge in [0.2, 0.25) is 11.4 Å². The summed E-state index contributed by atoms with van der Waals surface area (Å²) in [6.07, 6.45) is 0. The van der Waals surface area contributed by atoms with Crippen molar-refractivity contribution in [3.8, 4) is 22.4 Å². The Hall–Kier alpha value is -3.97. The quantitative estimate of drug-likeness (QED) is 0.201. The third-order valence-electron chi connectivity index (χ3n) is 6.73. The molecule has 3 nitrogen and oxygen atoms in total. The minimum absolute atomic E-state index is 0.247. The second-order valence-corrected chi connectivity index (χ2v) is 9.20. The number of halogens is 1. The van der Waals surface area contributed by atoms with Crippen molar-refractivity contribution in [2.24, 2.45) is 7.05 Å². The molecule has 0 N–H and O–H groups in total. The third-order valence-corrected chi connectivity index (χ3v) is 6.73. The van der Waals surface area contributed by atoms with E-state index in [1.165, 1.54) is 11.6 Å². The number of fused-ring (bicyclic) bond motifs is 3. The highest BCUT2D eigenvalue weighted by Crippen LogP contribution is 2.45. The van der Waals surface area contributed by atoms with E-state index in [1.807, 2.05) is 49.5 Å². The molecular formula is C30H26FN2O+. The normalized spacial score (nSPS) is 11.5. The van der Waals surface area contributed by atoms with Gasteiger partial charge in [-0.2, -0.15) is 4.57 Å². The number of aromatic nitrogens is 1. The summed E-state index contributed by atoms with van der Waals surface area (Å²) in [5, 5.41) is 1.14. The maximum Gasteiger partial charge on any atom is 0.216 e. The molecule has 0 fully saturated rings. The standard InChI is InChI=1S/C30H26FN2O/c1-17(2)21-14-19(4)33(6)25(15-21)26-18(3)12-13-22-28-23(31)16-24(32-5)27(30(28)34-29(22)26)20-10-8-7-9-11-20/h7-17H,1-4,6H3/q+1. The zero-order chi connectivity index (χ0) is 24.1. The molecule has 0 unspecified atom stereocenters. The minimum Gasteiger partial charge on any atom is -0.456 e. The van der Waals surface area contributed by atoms with Crippen LogP contribution in [0, 0.1) is 26.2 Å². The molecule has 0 amide bonds. The van der Waals surface area contributed by atoms with Crippen LogP contribution in [-0.4, -0.2) is 0 Å². The lowest BCUT2D eigenvalue weighted by Crippen LogP contribution is -2.35. The molecule has 0 saturated carbocycles. The van der Waals surface area contributed by atoms with Crippen molar-refractivity contribution in [1.82, 2.24) is 0 Å². The van der Waals surface area contributed by atoms with Gasteiger partial charge in [-0.1, -0.05) is 56.3 Å². The zero-order valence-electron chi connectivity index (χ0n) is 20.0. The van der Waals surface area contributed by atoms with Gasteiger partial charge in [-0.3, -0.25) is 0 Å². The number of nitrogens with zero attached hydrogens (tertiary/aromatic N) is 2. The van der Waals surface area contributed by atoms with Gasteiger partial charge in [0.25, 0.3) is 0 Å². The highest BCUT2D eigenvalue weighted by molar-refractivity contribution is 6.15. The summed E-state index contributed by atoms with van der Waals surface area (Å²) in [7, 11) is 2.04. The van der Waals surface area contributed by atoms with Crippen molar-refractivity contribution in [2.45, 2.75) is 33.6 Å². The average molecular weight is 450 g/mol. The fourth-order valence-electron chi connectivity index (χ4n) is 4.74. The first-order chi connectivity index (χ1) is 16.3. The van der Waals surface area contributed by atoms with E-state index in [4.69, 9.17) is 11.0 Å². The van der Waals surface area contributed by atoms with Crippen molar-refractivity contribution >= 4 is 27.6 Å². The van der Waals surface area contributed by atoms with Gasteiger partial charge in [-0.15, -0.1) is 0 Å². The van der Waals surface area contributed by atoms with Crippen LogP contribution in [0.5, 0.6) is 0 Å². The Labute approximate surface area is 198 Å². The van der Waals surface area contributed by atoms with Crippen LogP contribution in [0.3, 0.4) is 0 Å². The van der Waals surface area contributed by atoms with E-state index >= 15 is 4.39 Å². The molecule has 0 atom stereocenters. The molecule has 0 radical (unpaired) electrons. The summed E-state index contributed by atoms with van der Waals surface area (Å²) in [4.78, 5) is 3.63.